The lowest BCUT2D eigenvalue weighted by atomic mass is 10.0. The Hall–Kier alpha value is -1.51. The summed E-state index contributed by atoms with van der Waals surface area (Å²) in [6, 6.07) is 0. The molecule has 0 aromatic rings. The maximum atomic E-state index is 10.5. The summed E-state index contributed by atoms with van der Waals surface area (Å²) in [6.45, 7) is 8.56. The van der Waals surface area contributed by atoms with Crippen molar-refractivity contribution in [2.45, 2.75) is 26.7 Å². The number of nitrogens with zero attached hydrogens (tertiary/aromatic N) is 1. The number of carboxylic acid groups (broad SMARTS) is 1. The van der Waals surface area contributed by atoms with Crippen molar-refractivity contribution in [1.82, 2.24) is 4.90 Å². The van der Waals surface area contributed by atoms with Crippen molar-refractivity contribution in [3.63, 3.8) is 0 Å². The molecule has 1 heterocycles. The van der Waals surface area contributed by atoms with Gasteiger partial charge in [0.25, 0.3) is 0 Å². The second kappa shape index (κ2) is 4.82. The van der Waals surface area contributed by atoms with Crippen LogP contribution in [0.15, 0.2) is 35.7 Å². The molecule has 82 valence electrons. The van der Waals surface area contributed by atoms with E-state index in [2.05, 4.69) is 13.5 Å². The van der Waals surface area contributed by atoms with E-state index in [0.717, 1.165) is 17.6 Å². The molecule has 0 aromatic carbocycles. The van der Waals surface area contributed by atoms with E-state index in [1.54, 1.807) is 0 Å². The first kappa shape index (κ1) is 11.6. The van der Waals surface area contributed by atoms with Gasteiger partial charge in [-0.1, -0.05) is 13.5 Å². The Balaban J connectivity index is 2.77. The van der Waals surface area contributed by atoms with Gasteiger partial charge < -0.3 is 10.0 Å². The van der Waals surface area contributed by atoms with Crippen LogP contribution in [0.2, 0.25) is 0 Å². The summed E-state index contributed by atoms with van der Waals surface area (Å²) in [6.07, 6.45) is 4.90. The van der Waals surface area contributed by atoms with E-state index in [-0.39, 0.29) is 6.42 Å². The molecular weight excluding hydrogens is 190 g/mol. The van der Waals surface area contributed by atoms with Crippen molar-refractivity contribution >= 4 is 5.97 Å². The minimum atomic E-state index is -0.763. The fourth-order valence-electron chi connectivity index (χ4n) is 1.69. The van der Waals surface area contributed by atoms with Crippen LogP contribution >= 0.6 is 0 Å². The van der Waals surface area contributed by atoms with Crippen molar-refractivity contribution in [3.8, 4) is 0 Å². The van der Waals surface area contributed by atoms with Gasteiger partial charge in [-0.15, -0.1) is 0 Å². The first-order chi connectivity index (χ1) is 7.06. The number of rotatable bonds is 4. The summed E-state index contributed by atoms with van der Waals surface area (Å²) in [5.41, 5.74) is 3.34. The number of allylic oxidation sites excluding steroid dienone is 4. The van der Waals surface area contributed by atoms with Crippen molar-refractivity contribution < 1.29 is 9.90 Å². The molecule has 0 aliphatic carbocycles. The predicted octanol–water partition coefficient (Wildman–Crippen LogP) is 2.53. The van der Waals surface area contributed by atoms with Gasteiger partial charge >= 0.3 is 5.97 Å². The minimum Gasteiger partial charge on any atom is -0.481 e. The van der Waals surface area contributed by atoms with Gasteiger partial charge in [0.1, 0.15) is 0 Å². The molecule has 0 spiro atoms. The van der Waals surface area contributed by atoms with Crippen LogP contribution < -0.4 is 0 Å². The maximum Gasteiger partial charge on any atom is 0.305 e. The highest BCUT2D eigenvalue weighted by Gasteiger charge is 2.14. The zero-order chi connectivity index (χ0) is 11.4. The summed E-state index contributed by atoms with van der Waals surface area (Å²) in [7, 11) is 0. The molecule has 1 N–H and O–H groups in total. The van der Waals surface area contributed by atoms with E-state index < -0.39 is 5.97 Å². The Labute approximate surface area is 90.4 Å². The Kier molecular flexibility index (Phi) is 3.72. The van der Waals surface area contributed by atoms with Crippen LogP contribution in [0.25, 0.3) is 0 Å². The third-order valence-electron chi connectivity index (χ3n) is 2.62. The van der Waals surface area contributed by atoms with Gasteiger partial charge in [0, 0.05) is 18.4 Å². The maximum absolute atomic E-state index is 10.5. The molecule has 0 saturated carbocycles. The fraction of sp³-hybridized carbons (Fsp3) is 0.417. The summed E-state index contributed by atoms with van der Waals surface area (Å²) >= 11 is 0. The number of carboxylic acids is 1. The molecule has 1 aliphatic heterocycles. The highest BCUT2D eigenvalue weighted by atomic mass is 16.4. The molecular formula is C12H17NO2. The third-order valence-corrected chi connectivity index (χ3v) is 2.62. The SMILES string of the molecule is C=C1C=CN(CCC(=O)O)C(CC)=C1C. The van der Waals surface area contributed by atoms with Crippen molar-refractivity contribution in [2.24, 2.45) is 0 Å². The molecule has 0 bridgehead atoms. The smallest absolute Gasteiger partial charge is 0.305 e. The quantitative estimate of drug-likeness (QED) is 0.770. The van der Waals surface area contributed by atoms with E-state index in [1.165, 1.54) is 5.70 Å². The molecule has 0 fully saturated rings. The average molecular weight is 207 g/mol. The zero-order valence-electron chi connectivity index (χ0n) is 9.29. The van der Waals surface area contributed by atoms with Gasteiger partial charge in [0.05, 0.1) is 6.42 Å². The van der Waals surface area contributed by atoms with E-state index >= 15 is 0 Å². The monoisotopic (exact) mass is 207 g/mol. The van der Waals surface area contributed by atoms with Crippen molar-refractivity contribution in [1.29, 1.82) is 0 Å². The molecule has 3 nitrogen and oxygen atoms in total. The van der Waals surface area contributed by atoms with Crippen LogP contribution in [0.4, 0.5) is 0 Å². The third kappa shape index (κ3) is 2.72. The van der Waals surface area contributed by atoms with Gasteiger partial charge in [-0.2, -0.15) is 0 Å². The lowest BCUT2D eigenvalue weighted by Crippen LogP contribution is -2.23. The molecule has 0 saturated heterocycles. The molecule has 0 unspecified atom stereocenters. The summed E-state index contributed by atoms with van der Waals surface area (Å²) in [4.78, 5) is 12.5. The van der Waals surface area contributed by atoms with Gasteiger partial charge in [-0.05, 0) is 30.6 Å². The number of aliphatic carboxylic acids is 1. The standard InChI is InChI=1S/C12H17NO2/c1-4-11-10(3)9(2)5-7-13(11)8-6-12(14)15/h5,7H,2,4,6,8H2,1,3H3,(H,14,15). The summed E-state index contributed by atoms with van der Waals surface area (Å²) in [5, 5.41) is 8.64. The first-order valence-corrected chi connectivity index (χ1v) is 5.12. The van der Waals surface area contributed by atoms with Crippen LogP contribution in [0.1, 0.15) is 26.7 Å². The second-order valence-corrected chi connectivity index (χ2v) is 3.60. The van der Waals surface area contributed by atoms with Crippen LogP contribution in [-0.4, -0.2) is 22.5 Å². The Bertz CT molecular complexity index is 340. The molecule has 3 heteroatoms. The molecule has 15 heavy (non-hydrogen) atoms. The fourth-order valence-corrected chi connectivity index (χ4v) is 1.69. The number of carbonyl (C=O) groups is 1. The molecule has 0 atom stereocenters. The van der Waals surface area contributed by atoms with Crippen molar-refractivity contribution in [2.75, 3.05) is 6.54 Å². The topological polar surface area (TPSA) is 40.5 Å². The van der Waals surface area contributed by atoms with E-state index in [4.69, 9.17) is 5.11 Å². The van der Waals surface area contributed by atoms with Crippen LogP contribution in [0, 0.1) is 0 Å². The Morgan fingerprint density at radius 2 is 2.27 bits per heavy atom. The molecule has 0 amide bonds. The lowest BCUT2D eigenvalue weighted by molar-refractivity contribution is -0.137. The average Bonchev–Trinajstić information content (AvgIpc) is 2.19. The highest BCUT2D eigenvalue weighted by molar-refractivity contribution is 5.67. The van der Waals surface area contributed by atoms with Crippen LogP contribution in [0.3, 0.4) is 0 Å². The first-order valence-electron chi connectivity index (χ1n) is 5.12. The Morgan fingerprint density at radius 1 is 1.60 bits per heavy atom. The second-order valence-electron chi connectivity index (χ2n) is 3.60. The van der Waals surface area contributed by atoms with E-state index in [9.17, 15) is 4.79 Å². The van der Waals surface area contributed by atoms with Crippen molar-refractivity contribution in [3.05, 3.63) is 35.7 Å². The number of hydrogen-bond donors (Lipinski definition) is 1. The number of hydrogen-bond acceptors (Lipinski definition) is 2. The largest absolute Gasteiger partial charge is 0.481 e. The van der Waals surface area contributed by atoms with Gasteiger partial charge in [-0.25, -0.2) is 0 Å². The summed E-state index contributed by atoms with van der Waals surface area (Å²) < 4.78 is 0. The summed E-state index contributed by atoms with van der Waals surface area (Å²) in [5.74, 6) is -0.763. The minimum absolute atomic E-state index is 0.160. The normalized spacial score (nSPS) is 16.1. The molecule has 1 rings (SSSR count). The van der Waals surface area contributed by atoms with Crippen LogP contribution in [-0.2, 0) is 4.79 Å². The van der Waals surface area contributed by atoms with Gasteiger partial charge in [-0.3, -0.25) is 4.79 Å². The molecule has 0 radical (unpaired) electrons. The molecule has 0 aromatic heterocycles. The zero-order valence-corrected chi connectivity index (χ0v) is 9.29. The van der Waals surface area contributed by atoms with E-state index in [0.29, 0.717) is 6.54 Å². The lowest BCUT2D eigenvalue weighted by Gasteiger charge is -2.28. The van der Waals surface area contributed by atoms with E-state index in [1.807, 2.05) is 24.1 Å². The molecule has 1 aliphatic rings. The van der Waals surface area contributed by atoms with Crippen LogP contribution in [0.5, 0.6) is 0 Å². The highest BCUT2D eigenvalue weighted by Crippen LogP contribution is 2.25. The Morgan fingerprint density at radius 3 is 2.80 bits per heavy atom. The predicted molar refractivity (Wildman–Crippen MR) is 60.2 cm³/mol. The van der Waals surface area contributed by atoms with Gasteiger partial charge in [0.2, 0.25) is 0 Å². The van der Waals surface area contributed by atoms with Gasteiger partial charge in [0.15, 0.2) is 0 Å².